The van der Waals surface area contributed by atoms with Gasteiger partial charge in [0.05, 0.1) is 16.1 Å². The lowest BCUT2D eigenvalue weighted by Gasteiger charge is -2.24. The number of carbonyl (C=O) groups excluding carboxylic acids is 1. The van der Waals surface area contributed by atoms with Crippen LogP contribution < -0.4 is 5.32 Å². The van der Waals surface area contributed by atoms with E-state index >= 15 is 0 Å². The zero-order valence-corrected chi connectivity index (χ0v) is 11.7. The smallest absolute Gasteiger partial charge is 0.234 e. The normalized spacial score (nSPS) is 11.1. The van der Waals surface area contributed by atoms with E-state index in [4.69, 9.17) is 11.6 Å². The van der Waals surface area contributed by atoms with Crippen molar-refractivity contribution in [1.29, 1.82) is 0 Å². The molecule has 0 aliphatic rings. The van der Waals surface area contributed by atoms with Crippen molar-refractivity contribution in [2.45, 2.75) is 19.3 Å². The third kappa shape index (κ3) is 2.96. The molecule has 0 atom stereocenters. The van der Waals surface area contributed by atoms with Gasteiger partial charge in [-0.1, -0.05) is 54.1 Å². The van der Waals surface area contributed by atoms with Crippen molar-refractivity contribution < 1.29 is 4.79 Å². The Morgan fingerprint density at radius 2 is 1.58 bits per heavy atom. The molecule has 2 aromatic carbocycles. The molecule has 0 bridgehead atoms. The van der Waals surface area contributed by atoms with Crippen molar-refractivity contribution in [3.63, 3.8) is 0 Å². The summed E-state index contributed by atoms with van der Waals surface area (Å²) in [6, 6.07) is 16.9. The van der Waals surface area contributed by atoms with Gasteiger partial charge >= 0.3 is 0 Å². The second-order valence-electron chi connectivity index (χ2n) is 4.92. The molecule has 0 radical (unpaired) electrons. The van der Waals surface area contributed by atoms with Gasteiger partial charge in [0.2, 0.25) is 5.91 Å². The van der Waals surface area contributed by atoms with Crippen molar-refractivity contribution in [3.8, 4) is 0 Å². The molecule has 0 aliphatic carbocycles. The van der Waals surface area contributed by atoms with E-state index in [9.17, 15) is 4.79 Å². The van der Waals surface area contributed by atoms with Crippen molar-refractivity contribution in [2.75, 3.05) is 5.32 Å². The second-order valence-corrected chi connectivity index (χ2v) is 5.33. The molecule has 2 nitrogen and oxygen atoms in total. The average molecular weight is 274 g/mol. The van der Waals surface area contributed by atoms with E-state index < -0.39 is 5.41 Å². The van der Waals surface area contributed by atoms with Gasteiger partial charge < -0.3 is 5.32 Å². The van der Waals surface area contributed by atoms with Gasteiger partial charge in [0, 0.05) is 0 Å². The van der Waals surface area contributed by atoms with Gasteiger partial charge in [0.25, 0.3) is 0 Å². The molecule has 0 aliphatic heterocycles. The van der Waals surface area contributed by atoms with Crippen molar-refractivity contribution in [2.24, 2.45) is 0 Å². The minimum atomic E-state index is -0.611. The van der Waals surface area contributed by atoms with E-state index in [-0.39, 0.29) is 5.91 Å². The fourth-order valence-corrected chi connectivity index (χ4v) is 2.01. The van der Waals surface area contributed by atoms with Crippen LogP contribution in [0.2, 0.25) is 5.02 Å². The van der Waals surface area contributed by atoms with E-state index in [2.05, 4.69) is 5.32 Å². The fourth-order valence-electron chi connectivity index (χ4n) is 1.83. The quantitative estimate of drug-likeness (QED) is 0.890. The van der Waals surface area contributed by atoms with Crippen LogP contribution >= 0.6 is 11.6 Å². The Morgan fingerprint density at radius 1 is 1.00 bits per heavy atom. The molecule has 2 aromatic rings. The molecular weight excluding hydrogens is 258 g/mol. The van der Waals surface area contributed by atoms with Crippen LogP contribution in [0, 0.1) is 0 Å². The molecule has 1 N–H and O–H groups in total. The van der Waals surface area contributed by atoms with Gasteiger partial charge in [-0.3, -0.25) is 4.79 Å². The van der Waals surface area contributed by atoms with E-state index in [1.165, 1.54) is 0 Å². The number of hydrogen-bond donors (Lipinski definition) is 1. The Balaban J connectivity index is 2.23. The van der Waals surface area contributed by atoms with Crippen LogP contribution in [0.15, 0.2) is 54.6 Å². The highest BCUT2D eigenvalue weighted by molar-refractivity contribution is 6.33. The number of carbonyl (C=O) groups is 1. The summed E-state index contributed by atoms with van der Waals surface area (Å²) in [5.41, 5.74) is 0.998. The predicted octanol–water partition coefficient (Wildman–Crippen LogP) is 4.26. The van der Waals surface area contributed by atoms with E-state index in [1.54, 1.807) is 12.1 Å². The van der Waals surface area contributed by atoms with Gasteiger partial charge in [0.1, 0.15) is 0 Å². The Kier molecular flexibility index (Phi) is 3.91. The SMILES string of the molecule is CC(C)(C(=O)Nc1ccccc1Cl)c1ccccc1. The molecule has 0 saturated heterocycles. The van der Waals surface area contributed by atoms with Gasteiger partial charge in [-0.25, -0.2) is 0 Å². The van der Waals surface area contributed by atoms with Crippen LogP contribution in [0.4, 0.5) is 5.69 Å². The largest absolute Gasteiger partial charge is 0.324 e. The molecule has 19 heavy (non-hydrogen) atoms. The lowest BCUT2D eigenvalue weighted by Crippen LogP contribution is -2.34. The lowest BCUT2D eigenvalue weighted by molar-refractivity contribution is -0.120. The molecule has 0 unspecified atom stereocenters. The van der Waals surface area contributed by atoms with Crippen LogP contribution in [-0.4, -0.2) is 5.91 Å². The highest BCUT2D eigenvalue weighted by atomic mass is 35.5. The maximum absolute atomic E-state index is 12.4. The topological polar surface area (TPSA) is 29.1 Å². The summed E-state index contributed by atoms with van der Waals surface area (Å²) in [5, 5.41) is 3.42. The number of nitrogens with one attached hydrogen (secondary N) is 1. The van der Waals surface area contributed by atoms with E-state index in [1.807, 2.05) is 56.3 Å². The van der Waals surface area contributed by atoms with Gasteiger partial charge in [0.15, 0.2) is 0 Å². The van der Waals surface area contributed by atoms with Crippen molar-refractivity contribution in [3.05, 3.63) is 65.2 Å². The van der Waals surface area contributed by atoms with Gasteiger partial charge in [-0.15, -0.1) is 0 Å². The third-order valence-electron chi connectivity index (χ3n) is 3.19. The molecule has 2 rings (SSSR count). The molecule has 0 fully saturated rings. The predicted molar refractivity (Wildman–Crippen MR) is 79.5 cm³/mol. The molecule has 98 valence electrons. The number of benzene rings is 2. The van der Waals surface area contributed by atoms with Crippen LogP contribution in [-0.2, 0) is 10.2 Å². The average Bonchev–Trinajstić information content (AvgIpc) is 2.42. The first-order valence-corrected chi connectivity index (χ1v) is 6.51. The Labute approximate surface area is 118 Å². The zero-order chi connectivity index (χ0) is 13.9. The van der Waals surface area contributed by atoms with Crippen LogP contribution in [0.3, 0.4) is 0 Å². The number of hydrogen-bond acceptors (Lipinski definition) is 1. The van der Waals surface area contributed by atoms with Gasteiger partial charge in [-0.05, 0) is 31.5 Å². The minimum Gasteiger partial charge on any atom is -0.324 e. The first-order valence-electron chi connectivity index (χ1n) is 6.13. The standard InChI is InChI=1S/C16H16ClNO/c1-16(2,12-8-4-3-5-9-12)15(19)18-14-11-7-6-10-13(14)17/h3-11H,1-2H3,(H,18,19). The summed E-state index contributed by atoms with van der Waals surface area (Å²) >= 11 is 6.05. The second kappa shape index (κ2) is 5.45. The highest BCUT2D eigenvalue weighted by Gasteiger charge is 2.29. The molecule has 3 heteroatoms. The Bertz CT molecular complexity index is 578. The molecule has 0 heterocycles. The number of halogens is 1. The molecule has 0 spiro atoms. The number of para-hydroxylation sites is 1. The van der Waals surface area contributed by atoms with Crippen LogP contribution in [0.25, 0.3) is 0 Å². The molecule has 0 aromatic heterocycles. The summed E-state index contributed by atoms with van der Waals surface area (Å²) in [6.45, 7) is 3.79. The Morgan fingerprint density at radius 3 is 2.21 bits per heavy atom. The monoisotopic (exact) mass is 273 g/mol. The van der Waals surface area contributed by atoms with Crippen molar-refractivity contribution in [1.82, 2.24) is 0 Å². The first-order chi connectivity index (χ1) is 9.01. The number of amides is 1. The van der Waals surface area contributed by atoms with Gasteiger partial charge in [-0.2, -0.15) is 0 Å². The maximum atomic E-state index is 12.4. The highest BCUT2D eigenvalue weighted by Crippen LogP contribution is 2.27. The fraction of sp³-hybridized carbons (Fsp3) is 0.188. The maximum Gasteiger partial charge on any atom is 0.234 e. The number of anilines is 1. The van der Waals surface area contributed by atoms with Crippen molar-refractivity contribution >= 4 is 23.2 Å². The summed E-state index contributed by atoms with van der Waals surface area (Å²) in [6.07, 6.45) is 0. The lowest BCUT2D eigenvalue weighted by atomic mass is 9.83. The molecular formula is C16H16ClNO. The minimum absolute atomic E-state index is 0.0770. The summed E-state index contributed by atoms with van der Waals surface area (Å²) in [7, 11) is 0. The summed E-state index contributed by atoms with van der Waals surface area (Å²) < 4.78 is 0. The third-order valence-corrected chi connectivity index (χ3v) is 3.51. The first kappa shape index (κ1) is 13.6. The van der Waals surface area contributed by atoms with Crippen LogP contribution in [0.5, 0.6) is 0 Å². The van der Waals surface area contributed by atoms with Crippen LogP contribution in [0.1, 0.15) is 19.4 Å². The number of rotatable bonds is 3. The summed E-state index contributed by atoms with van der Waals surface area (Å²) in [4.78, 5) is 12.4. The summed E-state index contributed by atoms with van der Waals surface area (Å²) in [5.74, 6) is -0.0770. The zero-order valence-electron chi connectivity index (χ0n) is 11.0. The van der Waals surface area contributed by atoms with E-state index in [0.29, 0.717) is 10.7 Å². The Hall–Kier alpha value is -1.80. The molecule has 1 amide bonds. The van der Waals surface area contributed by atoms with E-state index in [0.717, 1.165) is 5.56 Å². The molecule has 0 saturated carbocycles.